The van der Waals surface area contributed by atoms with Crippen LogP contribution in [-0.4, -0.2) is 53.8 Å². The van der Waals surface area contributed by atoms with E-state index in [2.05, 4.69) is 0 Å². The fourth-order valence-corrected chi connectivity index (χ4v) is 3.96. The number of ether oxygens (including phenoxy) is 1. The van der Waals surface area contributed by atoms with Crippen LogP contribution in [0.5, 0.6) is 0 Å². The maximum absolute atomic E-state index is 13.4. The van der Waals surface area contributed by atoms with E-state index >= 15 is 0 Å². The van der Waals surface area contributed by atoms with E-state index in [1.54, 1.807) is 16.2 Å². The van der Waals surface area contributed by atoms with Gasteiger partial charge in [-0.1, -0.05) is 36.4 Å². The largest absolute Gasteiger partial charge is 0.382 e. The summed E-state index contributed by atoms with van der Waals surface area (Å²) in [5.74, 6) is 0.0146. The predicted molar refractivity (Wildman–Crippen MR) is 127 cm³/mol. The Labute approximate surface area is 194 Å². The summed E-state index contributed by atoms with van der Waals surface area (Å²) in [4.78, 5) is 31.1. The highest BCUT2D eigenvalue weighted by atomic mass is 35.5. The number of thiophene rings is 1. The lowest BCUT2D eigenvalue weighted by Crippen LogP contribution is -2.48. The number of carbonyl (C=O) groups is 2. The topological polar surface area (TPSA) is 49.9 Å². The molecule has 0 aliphatic carbocycles. The molecular formula is C24H33ClN2O3S. The molecule has 0 fully saturated rings. The fraction of sp³-hybridized carbons (Fsp3) is 0.500. The van der Waals surface area contributed by atoms with Gasteiger partial charge in [-0.2, -0.15) is 0 Å². The highest BCUT2D eigenvalue weighted by Crippen LogP contribution is 2.22. The Hall–Kier alpha value is -1.89. The minimum Gasteiger partial charge on any atom is -0.382 e. The van der Waals surface area contributed by atoms with Gasteiger partial charge in [-0.05, 0) is 44.2 Å². The van der Waals surface area contributed by atoms with Gasteiger partial charge in [-0.15, -0.1) is 22.9 Å². The lowest BCUT2D eigenvalue weighted by molar-refractivity contribution is -0.146. The summed E-state index contributed by atoms with van der Waals surface area (Å²) in [6.45, 7) is 8.26. The van der Waals surface area contributed by atoms with Crippen molar-refractivity contribution in [3.63, 3.8) is 0 Å². The number of alkyl halides is 1. The summed E-state index contributed by atoms with van der Waals surface area (Å²) in [6.07, 6.45) is 0.675. The number of amides is 2. The molecule has 7 heteroatoms. The summed E-state index contributed by atoms with van der Waals surface area (Å²) in [5.41, 5.74) is 0.327. The van der Waals surface area contributed by atoms with E-state index < -0.39 is 5.41 Å². The third-order valence-electron chi connectivity index (χ3n) is 4.94. The molecular weight excluding hydrogens is 432 g/mol. The molecule has 31 heavy (non-hydrogen) atoms. The average Bonchev–Trinajstić information content (AvgIpc) is 3.28. The molecule has 0 spiro atoms. The maximum Gasteiger partial charge on any atom is 0.242 e. The van der Waals surface area contributed by atoms with Crippen LogP contribution in [0.4, 0.5) is 0 Å². The standard InChI is InChI=1S/C24H33ClN2O3S/c1-4-30-14-9-13-26(23(29)24(2,3)19-25)18-22(28)27(17-21-12-8-15-31-21)16-20-10-6-5-7-11-20/h5-8,10-12,15H,4,9,13-14,16-19H2,1-3H3. The van der Waals surface area contributed by atoms with E-state index in [1.807, 2.05) is 73.5 Å². The van der Waals surface area contributed by atoms with Crippen molar-refractivity contribution in [1.82, 2.24) is 9.80 Å². The fourth-order valence-electron chi connectivity index (χ4n) is 3.13. The van der Waals surface area contributed by atoms with Crippen molar-refractivity contribution in [2.75, 3.05) is 32.2 Å². The van der Waals surface area contributed by atoms with Crippen LogP contribution in [0, 0.1) is 5.41 Å². The van der Waals surface area contributed by atoms with E-state index in [-0.39, 0.29) is 24.2 Å². The Morgan fingerprint density at radius 2 is 1.81 bits per heavy atom. The van der Waals surface area contributed by atoms with E-state index in [1.165, 1.54) is 0 Å². The summed E-state index contributed by atoms with van der Waals surface area (Å²) in [5, 5.41) is 2.01. The highest BCUT2D eigenvalue weighted by Gasteiger charge is 2.33. The van der Waals surface area contributed by atoms with Crippen molar-refractivity contribution < 1.29 is 14.3 Å². The molecule has 0 unspecified atom stereocenters. The summed E-state index contributed by atoms with van der Waals surface area (Å²) < 4.78 is 5.42. The number of benzene rings is 1. The minimum absolute atomic E-state index is 0.0312. The van der Waals surface area contributed by atoms with Gasteiger partial charge in [-0.3, -0.25) is 9.59 Å². The maximum atomic E-state index is 13.4. The van der Waals surface area contributed by atoms with Crippen LogP contribution >= 0.6 is 22.9 Å². The van der Waals surface area contributed by atoms with E-state index in [4.69, 9.17) is 16.3 Å². The monoisotopic (exact) mass is 464 g/mol. The number of halogens is 1. The Morgan fingerprint density at radius 3 is 2.42 bits per heavy atom. The molecule has 0 atom stereocenters. The first kappa shape index (κ1) is 25.4. The number of nitrogens with zero attached hydrogens (tertiary/aromatic N) is 2. The molecule has 2 rings (SSSR count). The van der Waals surface area contributed by atoms with Gasteiger partial charge in [0.05, 0.1) is 18.5 Å². The molecule has 1 heterocycles. The number of carbonyl (C=O) groups excluding carboxylic acids is 2. The van der Waals surface area contributed by atoms with Crippen molar-refractivity contribution in [1.29, 1.82) is 0 Å². The van der Waals surface area contributed by atoms with Crippen LogP contribution in [0.2, 0.25) is 0 Å². The van der Waals surface area contributed by atoms with Crippen molar-refractivity contribution >= 4 is 34.8 Å². The number of hydrogen-bond donors (Lipinski definition) is 0. The van der Waals surface area contributed by atoms with Crippen molar-refractivity contribution in [3.05, 3.63) is 58.3 Å². The normalized spacial score (nSPS) is 11.4. The Bertz CT molecular complexity index is 796. The average molecular weight is 465 g/mol. The van der Waals surface area contributed by atoms with Gasteiger partial charge >= 0.3 is 0 Å². The Morgan fingerprint density at radius 1 is 1.06 bits per heavy atom. The van der Waals surface area contributed by atoms with Gasteiger partial charge < -0.3 is 14.5 Å². The molecule has 0 aliphatic rings. The quantitative estimate of drug-likeness (QED) is 0.316. The number of rotatable bonds is 13. The molecule has 0 radical (unpaired) electrons. The van der Waals surface area contributed by atoms with Crippen LogP contribution in [-0.2, 0) is 27.4 Å². The third kappa shape index (κ3) is 8.28. The molecule has 1 aromatic carbocycles. The second-order valence-electron chi connectivity index (χ2n) is 8.11. The molecule has 2 aromatic rings. The van der Waals surface area contributed by atoms with Crippen LogP contribution in [0.1, 0.15) is 37.6 Å². The van der Waals surface area contributed by atoms with Crippen molar-refractivity contribution in [2.24, 2.45) is 5.41 Å². The molecule has 0 saturated heterocycles. The zero-order valence-electron chi connectivity index (χ0n) is 18.7. The van der Waals surface area contributed by atoms with Gasteiger partial charge in [0.15, 0.2) is 0 Å². The predicted octanol–water partition coefficient (Wildman–Crippen LogP) is 4.80. The van der Waals surface area contributed by atoms with Crippen molar-refractivity contribution in [3.8, 4) is 0 Å². The zero-order chi connectivity index (χ0) is 22.7. The summed E-state index contributed by atoms with van der Waals surface area (Å²) in [6, 6.07) is 13.9. The molecule has 0 bridgehead atoms. The molecule has 2 amide bonds. The highest BCUT2D eigenvalue weighted by molar-refractivity contribution is 7.09. The van der Waals surface area contributed by atoms with Crippen LogP contribution in [0.3, 0.4) is 0 Å². The molecule has 0 N–H and O–H groups in total. The van der Waals surface area contributed by atoms with Gasteiger partial charge in [0.25, 0.3) is 0 Å². The zero-order valence-corrected chi connectivity index (χ0v) is 20.3. The van der Waals surface area contributed by atoms with Crippen LogP contribution in [0.15, 0.2) is 47.8 Å². The second kappa shape index (κ2) is 12.8. The molecule has 0 saturated carbocycles. The minimum atomic E-state index is -0.731. The smallest absolute Gasteiger partial charge is 0.242 e. The van der Waals surface area contributed by atoms with Gasteiger partial charge in [0.2, 0.25) is 11.8 Å². The van der Waals surface area contributed by atoms with Gasteiger partial charge in [-0.25, -0.2) is 0 Å². The third-order valence-corrected chi connectivity index (χ3v) is 6.47. The Balaban J connectivity index is 2.16. The number of hydrogen-bond acceptors (Lipinski definition) is 4. The van der Waals surface area contributed by atoms with Gasteiger partial charge in [0.1, 0.15) is 0 Å². The van der Waals surface area contributed by atoms with Crippen LogP contribution < -0.4 is 0 Å². The lowest BCUT2D eigenvalue weighted by atomic mass is 9.94. The van der Waals surface area contributed by atoms with E-state index in [9.17, 15) is 9.59 Å². The first-order valence-corrected chi connectivity index (χ1v) is 12.1. The first-order valence-electron chi connectivity index (χ1n) is 10.6. The first-order chi connectivity index (χ1) is 14.9. The Kier molecular flexibility index (Phi) is 10.5. The molecule has 1 aromatic heterocycles. The molecule has 0 aliphatic heterocycles. The van der Waals surface area contributed by atoms with E-state index in [0.717, 1.165) is 10.4 Å². The van der Waals surface area contributed by atoms with Crippen LogP contribution in [0.25, 0.3) is 0 Å². The summed E-state index contributed by atoms with van der Waals surface area (Å²) >= 11 is 7.67. The SMILES string of the molecule is CCOCCCN(CC(=O)N(Cc1ccccc1)Cc1cccs1)C(=O)C(C)(C)CCl. The second-order valence-corrected chi connectivity index (χ2v) is 9.41. The van der Waals surface area contributed by atoms with Crippen molar-refractivity contribution in [2.45, 2.75) is 40.3 Å². The van der Waals surface area contributed by atoms with Gasteiger partial charge in [0, 0.05) is 37.1 Å². The lowest BCUT2D eigenvalue weighted by Gasteiger charge is -2.32. The van der Waals surface area contributed by atoms with E-state index in [0.29, 0.717) is 39.3 Å². The summed E-state index contributed by atoms with van der Waals surface area (Å²) in [7, 11) is 0. The molecule has 170 valence electrons. The molecule has 5 nitrogen and oxygen atoms in total.